The number of ether oxygens (including phenoxy) is 2. The van der Waals surface area contributed by atoms with Crippen LogP contribution in [0.25, 0.3) is 10.9 Å². The number of para-hydroxylation sites is 1. The van der Waals surface area contributed by atoms with Crippen molar-refractivity contribution in [2.24, 2.45) is 5.41 Å². The molecular formula is C32H42N4O4. The molecule has 2 aromatic carbocycles. The topological polar surface area (TPSA) is 84.8 Å². The summed E-state index contributed by atoms with van der Waals surface area (Å²) < 4.78 is 13.7. The van der Waals surface area contributed by atoms with E-state index in [0.717, 1.165) is 57.5 Å². The van der Waals surface area contributed by atoms with Crippen molar-refractivity contribution in [3.05, 3.63) is 59.8 Å². The Morgan fingerprint density at radius 2 is 1.80 bits per heavy atom. The van der Waals surface area contributed by atoms with Gasteiger partial charge in [0.15, 0.2) is 0 Å². The maximum Gasteiger partial charge on any atom is 0.255 e. The molecule has 8 nitrogen and oxygen atoms in total. The molecule has 3 aromatic rings. The summed E-state index contributed by atoms with van der Waals surface area (Å²) in [5.74, 6) is 1.43. The van der Waals surface area contributed by atoms with Crippen LogP contribution in [-0.2, 0) is 11.3 Å². The van der Waals surface area contributed by atoms with Crippen molar-refractivity contribution >= 4 is 22.7 Å². The van der Waals surface area contributed by atoms with E-state index in [0.29, 0.717) is 37.1 Å². The Morgan fingerprint density at radius 3 is 2.58 bits per heavy atom. The van der Waals surface area contributed by atoms with E-state index < -0.39 is 5.41 Å². The van der Waals surface area contributed by atoms with Crippen molar-refractivity contribution in [1.29, 1.82) is 0 Å². The van der Waals surface area contributed by atoms with Gasteiger partial charge in [-0.25, -0.2) is 0 Å². The summed E-state index contributed by atoms with van der Waals surface area (Å²) in [5.41, 5.74) is 2.66. The normalized spacial score (nSPS) is 19.0. The molecule has 2 amide bonds. The summed E-state index contributed by atoms with van der Waals surface area (Å²) in [6.45, 7) is 8.32. The first-order chi connectivity index (χ1) is 19.4. The van der Waals surface area contributed by atoms with E-state index in [1.54, 1.807) is 19.2 Å². The number of fused-ring (bicyclic) bond motifs is 2. The van der Waals surface area contributed by atoms with Gasteiger partial charge in [0.05, 0.1) is 24.6 Å². The lowest BCUT2D eigenvalue weighted by atomic mass is 9.73. The average Bonchev–Trinajstić information content (AvgIpc) is 3.33. The molecule has 5 rings (SSSR count). The van der Waals surface area contributed by atoms with E-state index in [1.165, 1.54) is 16.5 Å². The van der Waals surface area contributed by atoms with Crippen LogP contribution in [-0.4, -0.2) is 61.2 Å². The summed E-state index contributed by atoms with van der Waals surface area (Å²) in [4.78, 5) is 28.7. The molecule has 0 aliphatic carbocycles. The maximum absolute atomic E-state index is 13.6. The van der Waals surface area contributed by atoms with Crippen molar-refractivity contribution < 1.29 is 19.1 Å². The predicted molar refractivity (Wildman–Crippen MR) is 157 cm³/mol. The summed E-state index contributed by atoms with van der Waals surface area (Å²) in [7, 11) is 1.71. The van der Waals surface area contributed by atoms with Gasteiger partial charge in [0.1, 0.15) is 18.1 Å². The Labute approximate surface area is 237 Å². The van der Waals surface area contributed by atoms with Gasteiger partial charge in [-0.3, -0.25) is 14.5 Å². The van der Waals surface area contributed by atoms with Gasteiger partial charge in [-0.15, -0.1) is 0 Å². The number of amides is 2. The molecule has 3 heterocycles. The molecule has 0 saturated carbocycles. The number of piperidine rings is 1. The third-order valence-corrected chi connectivity index (χ3v) is 8.51. The van der Waals surface area contributed by atoms with Gasteiger partial charge in [-0.05, 0) is 88.5 Å². The molecule has 1 saturated heterocycles. The lowest BCUT2D eigenvalue weighted by Crippen LogP contribution is -2.49. The second-order valence-corrected chi connectivity index (χ2v) is 11.4. The van der Waals surface area contributed by atoms with Crippen LogP contribution < -0.4 is 20.1 Å². The minimum absolute atomic E-state index is 0.115. The molecule has 40 heavy (non-hydrogen) atoms. The second-order valence-electron chi connectivity index (χ2n) is 11.4. The Hall–Kier alpha value is -3.52. The molecule has 0 atom stereocenters. The second kappa shape index (κ2) is 12.3. The molecule has 2 aliphatic rings. The van der Waals surface area contributed by atoms with Crippen molar-refractivity contribution in [3.8, 4) is 11.5 Å². The van der Waals surface area contributed by atoms with E-state index >= 15 is 0 Å². The molecule has 1 aromatic heterocycles. The lowest BCUT2D eigenvalue weighted by molar-refractivity contribution is -0.134. The first-order valence-electron chi connectivity index (χ1n) is 14.6. The lowest BCUT2D eigenvalue weighted by Gasteiger charge is -2.41. The SMILES string of the molecule is COc1ccc2c(c1)c(CN1CCC3(CCCCNC(=O)c4ccccc4OCCNC3=O)CC1)cn2C(C)C. The van der Waals surface area contributed by atoms with E-state index in [1.807, 2.05) is 18.2 Å². The van der Waals surface area contributed by atoms with Crippen LogP contribution in [0.4, 0.5) is 0 Å². The van der Waals surface area contributed by atoms with Crippen molar-refractivity contribution in [2.75, 3.05) is 39.9 Å². The monoisotopic (exact) mass is 546 g/mol. The number of nitrogens with one attached hydrogen (secondary N) is 2. The van der Waals surface area contributed by atoms with Crippen LogP contribution in [0.15, 0.2) is 48.7 Å². The van der Waals surface area contributed by atoms with Gasteiger partial charge >= 0.3 is 0 Å². The Bertz CT molecular complexity index is 1340. The number of rotatable bonds is 4. The first kappa shape index (κ1) is 28.0. The van der Waals surface area contributed by atoms with Crippen LogP contribution >= 0.6 is 0 Å². The van der Waals surface area contributed by atoms with Crippen molar-refractivity contribution in [2.45, 2.75) is 58.5 Å². The fourth-order valence-electron chi connectivity index (χ4n) is 6.13. The molecule has 0 bridgehead atoms. The first-order valence-corrected chi connectivity index (χ1v) is 14.6. The minimum Gasteiger partial charge on any atom is -0.497 e. The molecule has 0 radical (unpaired) electrons. The highest BCUT2D eigenvalue weighted by Crippen LogP contribution is 2.38. The maximum atomic E-state index is 13.6. The van der Waals surface area contributed by atoms with E-state index in [-0.39, 0.29) is 11.8 Å². The number of hydrogen-bond acceptors (Lipinski definition) is 5. The summed E-state index contributed by atoms with van der Waals surface area (Å²) in [6, 6.07) is 13.9. The predicted octanol–water partition coefficient (Wildman–Crippen LogP) is 4.92. The highest BCUT2D eigenvalue weighted by Gasteiger charge is 2.40. The van der Waals surface area contributed by atoms with Crippen LogP contribution in [0.2, 0.25) is 0 Å². The number of nitrogens with zero attached hydrogens (tertiary/aromatic N) is 2. The number of benzene rings is 2. The molecule has 1 spiro atoms. The van der Waals surface area contributed by atoms with E-state index in [4.69, 9.17) is 9.47 Å². The highest BCUT2D eigenvalue weighted by molar-refractivity contribution is 5.96. The molecule has 214 valence electrons. The quantitative estimate of drug-likeness (QED) is 0.485. The number of carbonyl (C=O) groups is 2. The average molecular weight is 547 g/mol. The smallest absolute Gasteiger partial charge is 0.255 e. The zero-order valence-electron chi connectivity index (χ0n) is 24.0. The standard InChI is InChI=1S/C32H42N4O4/c1-23(2)36-22-24(27-20-25(39-3)10-11-28(27)36)21-35-17-13-32(14-18-35)12-6-7-15-33-30(37)26-8-4-5-9-29(26)40-19-16-34-31(32)38/h4-5,8-11,20,22-23H,6-7,12-19,21H2,1-3H3,(H,33,37)(H,34,38). The van der Waals surface area contributed by atoms with Crippen LogP contribution in [0.1, 0.15) is 67.9 Å². The number of hydrogen-bond donors (Lipinski definition) is 2. The number of methoxy groups -OCH3 is 1. The molecule has 8 heteroatoms. The van der Waals surface area contributed by atoms with E-state index in [9.17, 15) is 9.59 Å². The minimum atomic E-state index is -0.391. The molecule has 0 unspecified atom stereocenters. The highest BCUT2D eigenvalue weighted by atomic mass is 16.5. The largest absolute Gasteiger partial charge is 0.497 e. The number of likely N-dealkylation sites (tertiary alicyclic amines) is 1. The van der Waals surface area contributed by atoms with Gasteiger partial charge in [-0.2, -0.15) is 0 Å². The van der Waals surface area contributed by atoms with Crippen LogP contribution in [0, 0.1) is 5.41 Å². The van der Waals surface area contributed by atoms with Crippen molar-refractivity contribution in [3.63, 3.8) is 0 Å². The molecule has 2 aliphatic heterocycles. The van der Waals surface area contributed by atoms with Crippen LogP contribution in [0.5, 0.6) is 11.5 Å². The Kier molecular flexibility index (Phi) is 8.64. The Balaban J connectivity index is 1.26. The fourth-order valence-corrected chi connectivity index (χ4v) is 6.13. The molecule has 2 N–H and O–H groups in total. The van der Waals surface area contributed by atoms with Crippen molar-refractivity contribution in [1.82, 2.24) is 20.1 Å². The zero-order chi connectivity index (χ0) is 28.1. The Morgan fingerprint density at radius 1 is 1.00 bits per heavy atom. The summed E-state index contributed by atoms with van der Waals surface area (Å²) >= 11 is 0. The fraction of sp³-hybridized carbons (Fsp3) is 0.500. The summed E-state index contributed by atoms with van der Waals surface area (Å²) in [5, 5.41) is 7.41. The number of carbonyl (C=O) groups excluding carboxylic acids is 2. The van der Waals surface area contributed by atoms with Gasteiger partial charge in [0, 0.05) is 36.2 Å². The third-order valence-electron chi connectivity index (χ3n) is 8.51. The third kappa shape index (κ3) is 5.97. The van der Waals surface area contributed by atoms with Gasteiger partial charge < -0.3 is 24.7 Å². The van der Waals surface area contributed by atoms with Crippen LogP contribution in [0.3, 0.4) is 0 Å². The summed E-state index contributed by atoms with van der Waals surface area (Å²) in [6.07, 6.45) is 6.48. The molecule has 1 fully saturated rings. The zero-order valence-corrected chi connectivity index (χ0v) is 24.0. The van der Waals surface area contributed by atoms with Gasteiger partial charge in [-0.1, -0.05) is 18.6 Å². The van der Waals surface area contributed by atoms with E-state index in [2.05, 4.69) is 52.3 Å². The number of aromatic nitrogens is 1. The van der Waals surface area contributed by atoms with Gasteiger partial charge in [0.2, 0.25) is 5.91 Å². The van der Waals surface area contributed by atoms with Gasteiger partial charge in [0.25, 0.3) is 5.91 Å². The molecular weight excluding hydrogens is 504 g/mol.